The Morgan fingerprint density at radius 1 is 1.23 bits per heavy atom. The molecule has 0 aliphatic heterocycles. The van der Waals surface area contributed by atoms with Gasteiger partial charge in [-0.2, -0.15) is 0 Å². The molecule has 0 N–H and O–H groups in total. The second-order valence-electron chi connectivity index (χ2n) is 3.91. The minimum Gasteiger partial charge on any atom is -0.463 e. The summed E-state index contributed by atoms with van der Waals surface area (Å²) in [5.74, 6) is -0.148. The smallest absolute Gasteiger partial charge is 0.302 e. The molecule has 1 aliphatic carbocycles. The van der Waals surface area contributed by atoms with Gasteiger partial charge in [0.15, 0.2) is 0 Å². The number of ether oxygens (including phenoxy) is 1. The highest BCUT2D eigenvalue weighted by Crippen LogP contribution is 2.27. The number of hydrogen-bond acceptors (Lipinski definition) is 2. The highest BCUT2D eigenvalue weighted by molar-refractivity contribution is 5.66. The van der Waals surface area contributed by atoms with Gasteiger partial charge in [-0.25, -0.2) is 0 Å². The Balaban J connectivity index is 2.39. The van der Waals surface area contributed by atoms with Gasteiger partial charge in [0.05, 0.1) is 0 Å². The summed E-state index contributed by atoms with van der Waals surface area (Å²) in [5.41, 5.74) is 2.98. The molecular formula is C11H18O2. The molecule has 13 heavy (non-hydrogen) atoms. The van der Waals surface area contributed by atoms with Crippen LogP contribution < -0.4 is 0 Å². The van der Waals surface area contributed by atoms with Crippen molar-refractivity contribution in [3.8, 4) is 0 Å². The molecule has 1 aliphatic rings. The van der Waals surface area contributed by atoms with Gasteiger partial charge >= 0.3 is 5.97 Å². The van der Waals surface area contributed by atoms with Crippen molar-refractivity contribution in [3.05, 3.63) is 11.1 Å². The first kappa shape index (κ1) is 10.3. The Bertz CT molecular complexity index is 214. The van der Waals surface area contributed by atoms with Crippen LogP contribution in [0.3, 0.4) is 0 Å². The lowest BCUT2D eigenvalue weighted by Gasteiger charge is -2.24. The highest BCUT2D eigenvalue weighted by atomic mass is 16.5. The predicted molar refractivity (Wildman–Crippen MR) is 52.4 cm³/mol. The van der Waals surface area contributed by atoms with E-state index in [1.54, 1.807) is 5.57 Å². The van der Waals surface area contributed by atoms with E-state index in [9.17, 15) is 4.79 Å². The maximum Gasteiger partial charge on any atom is 0.302 e. The average Bonchev–Trinajstić information content (AvgIpc) is 2.04. The maximum absolute atomic E-state index is 10.7. The van der Waals surface area contributed by atoms with Crippen molar-refractivity contribution in [1.29, 1.82) is 0 Å². The van der Waals surface area contributed by atoms with E-state index in [0.29, 0.717) is 0 Å². The summed E-state index contributed by atoms with van der Waals surface area (Å²) >= 11 is 0. The Morgan fingerprint density at radius 2 is 1.77 bits per heavy atom. The Labute approximate surface area is 80.0 Å². The number of esters is 1. The van der Waals surface area contributed by atoms with Crippen LogP contribution in [0.15, 0.2) is 11.1 Å². The van der Waals surface area contributed by atoms with Crippen LogP contribution in [0.1, 0.15) is 46.5 Å². The molecule has 0 aromatic rings. The van der Waals surface area contributed by atoms with Gasteiger partial charge in [-0.3, -0.25) is 4.79 Å². The number of hydrogen-bond donors (Lipinski definition) is 0. The van der Waals surface area contributed by atoms with Crippen molar-refractivity contribution >= 4 is 5.97 Å². The largest absolute Gasteiger partial charge is 0.463 e. The Morgan fingerprint density at radius 3 is 2.15 bits per heavy atom. The number of rotatable bonds is 1. The van der Waals surface area contributed by atoms with Gasteiger partial charge in [-0.15, -0.1) is 0 Å². The van der Waals surface area contributed by atoms with E-state index in [1.165, 1.54) is 12.5 Å². The fraction of sp³-hybridized carbons (Fsp3) is 0.727. The third-order valence-electron chi connectivity index (χ3n) is 2.58. The maximum atomic E-state index is 10.7. The molecule has 0 aromatic carbocycles. The zero-order valence-corrected chi connectivity index (χ0v) is 8.72. The van der Waals surface area contributed by atoms with E-state index in [1.807, 2.05) is 0 Å². The van der Waals surface area contributed by atoms with E-state index in [0.717, 1.165) is 25.7 Å². The third-order valence-corrected chi connectivity index (χ3v) is 2.58. The van der Waals surface area contributed by atoms with E-state index >= 15 is 0 Å². The molecule has 0 spiro atoms. The van der Waals surface area contributed by atoms with Crippen molar-refractivity contribution in [3.63, 3.8) is 0 Å². The van der Waals surface area contributed by atoms with Gasteiger partial charge in [-0.1, -0.05) is 11.1 Å². The number of allylic oxidation sites excluding steroid dienone is 2. The van der Waals surface area contributed by atoms with Gasteiger partial charge in [0, 0.05) is 6.92 Å². The van der Waals surface area contributed by atoms with Gasteiger partial charge in [-0.05, 0) is 39.5 Å². The zero-order valence-electron chi connectivity index (χ0n) is 8.72. The van der Waals surface area contributed by atoms with E-state index in [2.05, 4.69) is 13.8 Å². The topological polar surface area (TPSA) is 26.3 Å². The summed E-state index contributed by atoms with van der Waals surface area (Å²) < 4.78 is 5.16. The summed E-state index contributed by atoms with van der Waals surface area (Å²) in [6, 6.07) is 0. The van der Waals surface area contributed by atoms with Crippen LogP contribution in [0.4, 0.5) is 0 Å². The van der Waals surface area contributed by atoms with Gasteiger partial charge < -0.3 is 4.74 Å². The summed E-state index contributed by atoms with van der Waals surface area (Å²) in [5, 5.41) is 0. The predicted octanol–water partition coefficient (Wildman–Crippen LogP) is 2.83. The lowest BCUT2D eigenvalue weighted by molar-refractivity contribution is -0.147. The second-order valence-corrected chi connectivity index (χ2v) is 3.91. The van der Waals surface area contributed by atoms with E-state index < -0.39 is 0 Å². The van der Waals surface area contributed by atoms with Crippen LogP contribution in [0, 0.1) is 0 Å². The average molecular weight is 182 g/mol. The van der Waals surface area contributed by atoms with Crippen molar-refractivity contribution in [2.75, 3.05) is 0 Å². The molecular weight excluding hydrogens is 164 g/mol. The Kier molecular flexibility index (Phi) is 3.52. The van der Waals surface area contributed by atoms with Gasteiger partial charge in [0.25, 0.3) is 0 Å². The minimum absolute atomic E-state index is 0.148. The number of carbonyl (C=O) groups is 1. The first-order chi connectivity index (χ1) is 6.09. The summed E-state index contributed by atoms with van der Waals surface area (Å²) in [6.45, 7) is 5.79. The third kappa shape index (κ3) is 3.21. The number of carbonyl (C=O) groups excluding carboxylic acids is 1. The molecule has 0 unspecified atom stereocenters. The standard InChI is InChI=1S/C11H18O2/c1-8(2)10-4-6-11(7-5-10)13-9(3)12/h11H,4-7H2,1-3H3. The fourth-order valence-electron chi connectivity index (χ4n) is 1.79. The lowest BCUT2D eigenvalue weighted by Crippen LogP contribution is -2.20. The van der Waals surface area contributed by atoms with Crippen LogP contribution in [0.25, 0.3) is 0 Å². The monoisotopic (exact) mass is 182 g/mol. The van der Waals surface area contributed by atoms with Crippen molar-refractivity contribution in [2.24, 2.45) is 0 Å². The SMILES string of the molecule is CC(=O)OC1CCC(=C(C)C)CC1. The summed E-state index contributed by atoms with van der Waals surface area (Å²) in [6.07, 6.45) is 4.36. The zero-order chi connectivity index (χ0) is 9.84. The lowest BCUT2D eigenvalue weighted by atomic mass is 9.90. The molecule has 2 heteroatoms. The normalized spacial score (nSPS) is 22.7. The van der Waals surface area contributed by atoms with Crippen LogP contribution in [-0.4, -0.2) is 12.1 Å². The molecule has 1 rings (SSSR count). The Hall–Kier alpha value is -0.790. The van der Waals surface area contributed by atoms with Crippen molar-refractivity contribution in [1.82, 2.24) is 0 Å². The molecule has 0 atom stereocenters. The first-order valence-corrected chi connectivity index (χ1v) is 4.92. The quantitative estimate of drug-likeness (QED) is 0.460. The molecule has 0 radical (unpaired) electrons. The van der Waals surface area contributed by atoms with Gasteiger partial charge in [0.2, 0.25) is 0 Å². The fourth-order valence-corrected chi connectivity index (χ4v) is 1.79. The molecule has 0 heterocycles. The highest BCUT2D eigenvalue weighted by Gasteiger charge is 2.18. The molecule has 0 aromatic heterocycles. The van der Waals surface area contributed by atoms with E-state index in [4.69, 9.17) is 4.74 Å². The summed E-state index contributed by atoms with van der Waals surface area (Å²) in [7, 11) is 0. The van der Waals surface area contributed by atoms with E-state index in [-0.39, 0.29) is 12.1 Å². The second kappa shape index (κ2) is 4.45. The van der Waals surface area contributed by atoms with Crippen molar-refractivity contribution in [2.45, 2.75) is 52.6 Å². The molecule has 0 amide bonds. The molecule has 0 saturated heterocycles. The molecule has 74 valence electrons. The van der Waals surface area contributed by atoms with Crippen molar-refractivity contribution < 1.29 is 9.53 Å². The summed E-state index contributed by atoms with van der Waals surface area (Å²) in [4.78, 5) is 10.7. The molecule has 0 bridgehead atoms. The van der Waals surface area contributed by atoms with Crippen LogP contribution in [-0.2, 0) is 9.53 Å². The molecule has 2 nitrogen and oxygen atoms in total. The minimum atomic E-state index is -0.148. The van der Waals surface area contributed by atoms with Crippen LogP contribution >= 0.6 is 0 Å². The van der Waals surface area contributed by atoms with Crippen LogP contribution in [0.2, 0.25) is 0 Å². The molecule has 1 fully saturated rings. The van der Waals surface area contributed by atoms with Gasteiger partial charge in [0.1, 0.15) is 6.10 Å². The van der Waals surface area contributed by atoms with Crippen LogP contribution in [0.5, 0.6) is 0 Å². The first-order valence-electron chi connectivity index (χ1n) is 4.92. The molecule has 1 saturated carbocycles.